The molecule has 8 heteroatoms. The molecule has 0 spiro atoms. The van der Waals surface area contributed by atoms with Crippen molar-refractivity contribution in [2.24, 2.45) is 0 Å². The third-order valence-corrected chi connectivity index (χ3v) is 5.70. The fraction of sp³-hybridized carbons (Fsp3) is 0.261. The van der Waals surface area contributed by atoms with Crippen LogP contribution in [-0.4, -0.2) is 27.1 Å². The molecule has 0 bridgehead atoms. The van der Waals surface area contributed by atoms with Crippen molar-refractivity contribution >= 4 is 34.0 Å². The first-order chi connectivity index (χ1) is 14.6. The van der Waals surface area contributed by atoms with Crippen molar-refractivity contribution in [2.45, 2.75) is 41.2 Å². The van der Waals surface area contributed by atoms with E-state index >= 15 is 0 Å². The van der Waals surface area contributed by atoms with Crippen molar-refractivity contribution < 1.29 is 24.5 Å². The zero-order valence-electron chi connectivity index (χ0n) is 18.0. The summed E-state index contributed by atoms with van der Waals surface area (Å²) in [6.45, 7) is 8.85. The Morgan fingerprint density at radius 1 is 1.03 bits per heavy atom. The van der Waals surface area contributed by atoms with Crippen molar-refractivity contribution in [1.82, 2.24) is 4.98 Å². The van der Waals surface area contributed by atoms with E-state index in [2.05, 4.69) is 4.98 Å². The second kappa shape index (κ2) is 8.77. The smallest absolute Gasteiger partial charge is 0.342 e. The summed E-state index contributed by atoms with van der Waals surface area (Å²) >= 11 is 1.27. The van der Waals surface area contributed by atoms with Crippen LogP contribution in [0.4, 0.5) is 10.8 Å². The summed E-state index contributed by atoms with van der Waals surface area (Å²) in [4.78, 5) is 30.8. The Labute approximate surface area is 184 Å². The molecular weight excluding hydrogens is 416 g/mol. The summed E-state index contributed by atoms with van der Waals surface area (Å²) in [6.07, 6.45) is 0. The first kappa shape index (κ1) is 22.3. The average molecular weight is 441 g/mol. The number of amides is 1. The minimum atomic E-state index is -0.781. The second-order valence-electron chi connectivity index (χ2n) is 7.43. The summed E-state index contributed by atoms with van der Waals surface area (Å²) in [5.41, 5.74) is 4.61. The van der Waals surface area contributed by atoms with Gasteiger partial charge in [-0.3, -0.25) is 9.69 Å². The lowest BCUT2D eigenvalue weighted by Gasteiger charge is -2.23. The number of benzene rings is 2. The highest BCUT2D eigenvalue weighted by Crippen LogP contribution is 2.35. The van der Waals surface area contributed by atoms with Gasteiger partial charge in [-0.25, -0.2) is 9.78 Å². The fourth-order valence-electron chi connectivity index (χ4n) is 3.44. The third kappa shape index (κ3) is 4.54. The van der Waals surface area contributed by atoms with Crippen LogP contribution < -0.4 is 4.90 Å². The highest BCUT2D eigenvalue weighted by atomic mass is 32.1. The van der Waals surface area contributed by atoms with Crippen molar-refractivity contribution in [2.75, 3.05) is 4.90 Å². The Bertz CT molecular complexity index is 1150. The van der Waals surface area contributed by atoms with Gasteiger partial charge in [-0.2, -0.15) is 0 Å². The lowest BCUT2D eigenvalue weighted by atomic mass is 10.0. The number of carbonyl (C=O) groups excluding carboxylic acids is 2. The zero-order valence-corrected chi connectivity index (χ0v) is 18.8. The van der Waals surface area contributed by atoms with E-state index in [1.807, 2.05) is 32.9 Å². The van der Waals surface area contributed by atoms with Crippen LogP contribution in [0.15, 0.2) is 29.6 Å². The molecule has 7 nitrogen and oxygen atoms in total. The number of aromatic nitrogens is 1. The Kier molecular flexibility index (Phi) is 6.31. The van der Waals surface area contributed by atoms with Crippen molar-refractivity contribution in [3.8, 4) is 11.5 Å². The summed E-state index contributed by atoms with van der Waals surface area (Å²) in [5.74, 6) is -1.83. The first-order valence-corrected chi connectivity index (χ1v) is 10.5. The van der Waals surface area contributed by atoms with Gasteiger partial charge < -0.3 is 14.9 Å². The molecule has 3 aromatic rings. The predicted molar refractivity (Wildman–Crippen MR) is 119 cm³/mol. The maximum atomic E-state index is 12.4. The van der Waals surface area contributed by atoms with Gasteiger partial charge in [-0.1, -0.05) is 23.8 Å². The normalized spacial score (nSPS) is 10.7. The Balaban J connectivity index is 1.81. The lowest BCUT2D eigenvalue weighted by Crippen LogP contribution is -2.24. The predicted octanol–water partition coefficient (Wildman–Crippen LogP) is 4.83. The number of hydrogen-bond acceptors (Lipinski definition) is 7. The van der Waals surface area contributed by atoms with Gasteiger partial charge in [0.25, 0.3) is 0 Å². The largest absolute Gasteiger partial charge is 0.504 e. The van der Waals surface area contributed by atoms with Crippen LogP contribution in [0.5, 0.6) is 11.5 Å². The fourth-order valence-corrected chi connectivity index (χ4v) is 4.30. The van der Waals surface area contributed by atoms with Gasteiger partial charge in [-0.15, -0.1) is 11.3 Å². The molecule has 0 atom stereocenters. The van der Waals surface area contributed by atoms with E-state index in [0.29, 0.717) is 16.4 Å². The SMILES string of the molecule is CC(=O)N(c1nc(COC(=O)c2ccc(C)c(O)c2O)cs1)c1c(C)cc(C)cc1C. The number of phenolic OH excluding ortho intramolecular Hbond substituents is 2. The molecule has 0 aliphatic carbocycles. The van der Waals surface area contributed by atoms with Gasteiger partial charge in [0, 0.05) is 12.3 Å². The Morgan fingerprint density at radius 3 is 2.29 bits per heavy atom. The Hall–Kier alpha value is -3.39. The number of rotatable bonds is 5. The van der Waals surface area contributed by atoms with E-state index in [9.17, 15) is 19.8 Å². The molecule has 162 valence electrons. The van der Waals surface area contributed by atoms with E-state index < -0.39 is 11.7 Å². The number of anilines is 2. The molecule has 0 unspecified atom stereocenters. The molecule has 1 amide bonds. The van der Waals surface area contributed by atoms with Gasteiger partial charge in [0.1, 0.15) is 12.2 Å². The maximum Gasteiger partial charge on any atom is 0.342 e. The van der Waals surface area contributed by atoms with Crippen molar-refractivity contribution in [3.63, 3.8) is 0 Å². The minimum absolute atomic E-state index is 0.130. The number of ether oxygens (including phenoxy) is 1. The molecule has 2 N–H and O–H groups in total. The standard InChI is InChI=1S/C23H24N2O5S/c1-12-8-14(3)19(15(4)9-12)25(16(5)26)23-24-17(11-31-23)10-30-22(29)18-7-6-13(2)20(27)21(18)28/h6-9,11,27-28H,10H2,1-5H3. The van der Waals surface area contributed by atoms with Crippen molar-refractivity contribution in [3.05, 3.63) is 63.2 Å². The number of carbonyl (C=O) groups is 2. The van der Waals surface area contributed by atoms with Crippen LogP contribution in [0, 0.1) is 27.7 Å². The zero-order chi connectivity index (χ0) is 22.9. The third-order valence-electron chi connectivity index (χ3n) is 4.83. The van der Waals surface area contributed by atoms with E-state index in [-0.39, 0.29) is 23.8 Å². The molecule has 0 radical (unpaired) electrons. The van der Waals surface area contributed by atoms with Crippen molar-refractivity contribution in [1.29, 1.82) is 0 Å². The van der Waals surface area contributed by atoms with Crippen LogP contribution in [0.3, 0.4) is 0 Å². The van der Waals surface area contributed by atoms with Gasteiger partial charge in [0.2, 0.25) is 5.91 Å². The molecule has 2 aromatic carbocycles. The summed E-state index contributed by atoms with van der Waals surface area (Å²) in [5, 5.41) is 22.0. The summed E-state index contributed by atoms with van der Waals surface area (Å²) in [7, 11) is 0. The molecule has 1 aromatic heterocycles. The summed E-state index contributed by atoms with van der Waals surface area (Å²) in [6, 6.07) is 6.93. The molecule has 31 heavy (non-hydrogen) atoms. The minimum Gasteiger partial charge on any atom is -0.504 e. The monoisotopic (exact) mass is 440 g/mol. The van der Waals surface area contributed by atoms with Gasteiger partial charge >= 0.3 is 5.97 Å². The number of thiazole rings is 1. The number of aryl methyl sites for hydroxylation is 4. The van der Waals surface area contributed by atoms with Crippen LogP contribution in [0.1, 0.15) is 45.2 Å². The highest BCUT2D eigenvalue weighted by Gasteiger charge is 2.23. The van der Waals surface area contributed by atoms with Crippen LogP contribution in [0.2, 0.25) is 0 Å². The van der Waals surface area contributed by atoms with Gasteiger partial charge in [0.05, 0.1) is 11.4 Å². The quantitative estimate of drug-likeness (QED) is 0.435. The van der Waals surface area contributed by atoms with Gasteiger partial charge in [0.15, 0.2) is 16.6 Å². The molecule has 0 saturated heterocycles. The Morgan fingerprint density at radius 2 is 1.68 bits per heavy atom. The highest BCUT2D eigenvalue weighted by molar-refractivity contribution is 7.14. The number of phenols is 2. The number of aromatic hydroxyl groups is 2. The molecule has 0 aliphatic rings. The molecule has 3 rings (SSSR count). The number of hydrogen-bond donors (Lipinski definition) is 2. The second-order valence-corrected chi connectivity index (χ2v) is 8.26. The van der Waals surface area contributed by atoms with Crippen LogP contribution in [-0.2, 0) is 16.1 Å². The first-order valence-electron chi connectivity index (χ1n) is 9.61. The molecule has 0 fully saturated rings. The molecule has 0 aliphatic heterocycles. The van der Waals surface area contributed by atoms with Gasteiger partial charge in [-0.05, 0) is 50.5 Å². The maximum absolute atomic E-state index is 12.4. The molecular formula is C23H24N2O5S. The van der Waals surface area contributed by atoms with Crippen LogP contribution in [0.25, 0.3) is 0 Å². The topological polar surface area (TPSA) is 100.0 Å². The molecule has 0 saturated carbocycles. The molecule has 1 heterocycles. The number of nitrogens with zero attached hydrogens (tertiary/aromatic N) is 2. The van der Waals surface area contributed by atoms with E-state index in [0.717, 1.165) is 22.4 Å². The van der Waals surface area contributed by atoms with E-state index in [4.69, 9.17) is 4.74 Å². The lowest BCUT2D eigenvalue weighted by molar-refractivity contribution is -0.115. The van der Waals surface area contributed by atoms with E-state index in [1.165, 1.54) is 30.4 Å². The number of esters is 1. The summed E-state index contributed by atoms with van der Waals surface area (Å²) < 4.78 is 5.24. The average Bonchev–Trinajstić information content (AvgIpc) is 3.15. The van der Waals surface area contributed by atoms with Crippen LogP contribution >= 0.6 is 11.3 Å². The van der Waals surface area contributed by atoms with E-state index in [1.54, 1.807) is 17.2 Å².